The van der Waals surface area contributed by atoms with Crippen molar-refractivity contribution in [2.24, 2.45) is 0 Å². The predicted molar refractivity (Wildman–Crippen MR) is 110 cm³/mol. The topological polar surface area (TPSA) is 69.7 Å². The summed E-state index contributed by atoms with van der Waals surface area (Å²) in [5.74, 6) is -0.493. The average Bonchev–Trinajstić information content (AvgIpc) is 2.90. The molecule has 1 atom stereocenters. The number of nitrogens with one attached hydrogen (secondary N) is 1. The summed E-state index contributed by atoms with van der Waals surface area (Å²) in [6, 6.07) is 7.43. The highest BCUT2D eigenvalue weighted by atomic mass is 35.5. The smallest absolute Gasteiger partial charge is 0.293 e. The molecule has 27 heavy (non-hydrogen) atoms. The van der Waals surface area contributed by atoms with E-state index in [0.29, 0.717) is 21.5 Å². The normalized spacial score (nSPS) is 17.1. The van der Waals surface area contributed by atoms with Crippen LogP contribution in [0.2, 0.25) is 5.02 Å². The molecular weight excluding hydrogens is 386 g/mol. The Labute approximate surface area is 168 Å². The predicted octanol–water partition coefficient (Wildman–Crippen LogP) is 3.22. The van der Waals surface area contributed by atoms with E-state index in [2.05, 4.69) is 19.2 Å². The lowest BCUT2D eigenvalue weighted by Crippen LogP contribution is -2.42. The SMILES string of the molecule is CCC(C)N(C)CC(=O)NCCN1C(=O)S/C(=C\c2ccccc2Cl)C1=O. The number of rotatable bonds is 8. The third-order valence-corrected chi connectivity index (χ3v) is 5.71. The van der Waals surface area contributed by atoms with Gasteiger partial charge in [-0.1, -0.05) is 36.7 Å². The quantitative estimate of drug-likeness (QED) is 0.667. The molecule has 1 heterocycles. The van der Waals surface area contributed by atoms with E-state index in [-0.39, 0.29) is 36.7 Å². The van der Waals surface area contributed by atoms with E-state index in [0.717, 1.165) is 23.1 Å². The molecule has 8 heteroatoms. The zero-order valence-electron chi connectivity index (χ0n) is 15.7. The Kier molecular flexibility index (Phi) is 7.89. The molecule has 3 amide bonds. The van der Waals surface area contributed by atoms with Gasteiger partial charge < -0.3 is 5.32 Å². The van der Waals surface area contributed by atoms with Crippen molar-refractivity contribution in [3.8, 4) is 0 Å². The van der Waals surface area contributed by atoms with Crippen LogP contribution in [-0.2, 0) is 9.59 Å². The summed E-state index contributed by atoms with van der Waals surface area (Å²) in [5, 5.41) is 2.93. The maximum Gasteiger partial charge on any atom is 0.293 e. The molecule has 0 aromatic heterocycles. The Morgan fingerprint density at radius 1 is 1.37 bits per heavy atom. The first kappa shape index (κ1) is 21.5. The standard InChI is InChI=1S/C19H24ClN3O3S/c1-4-13(2)22(3)12-17(24)21-9-10-23-18(25)16(27-19(23)26)11-14-7-5-6-8-15(14)20/h5-8,11,13H,4,9-10,12H2,1-3H3,(H,21,24)/b16-11-. The van der Waals surface area contributed by atoms with E-state index in [1.165, 1.54) is 0 Å². The first-order valence-corrected chi connectivity index (χ1v) is 9.99. The van der Waals surface area contributed by atoms with Gasteiger partial charge in [0.1, 0.15) is 0 Å². The minimum absolute atomic E-state index is 0.128. The molecule has 0 spiro atoms. The number of amides is 3. The number of nitrogens with zero attached hydrogens (tertiary/aromatic N) is 2. The van der Waals surface area contributed by atoms with Gasteiger partial charge in [-0.2, -0.15) is 0 Å². The van der Waals surface area contributed by atoms with Crippen molar-refractivity contribution < 1.29 is 14.4 Å². The Balaban J connectivity index is 1.89. The van der Waals surface area contributed by atoms with Gasteiger partial charge in [0.05, 0.1) is 11.4 Å². The second kappa shape index (κ2) is 9.92. The fourth-order valence-corrected chi connectivity index (χ4v) is 3.53. The molecule has 1 unspecified atom stereocenters. The van der Waals surface area contributed by atoms with Crippen molar-refractivity contribution in [1.29, 1.82) is 0 Å². The van der Waals surface area contributed by atoms with E-state index in [1.807, 2.05) is 18.0 Å². The van der Waals surface area contributed by atoms with Crippen LogP contribution in [-0.4, -0.2) is 59.6 Å². The van der Waals surface area contributed by atoms with Crippen LogP contribution in [0, 0.1) is 0 Å². The maximum absolute atomic E-state index is 12.5. The third kappa shape index (κ3) is 5.82. The lowest BCUT2D eigenvalue weighted by molar-refractivity contribution is -0.124. The monoisotopic (exact) mass is 409 g/mol. The number of benzene rings is 1. The van der Waals surface area contributed by atoms with E-state index in [1.54, 1.807) is 24.3 Å². The maximum atomic E-state index is 12.5. The van der Waals surface area contributed by atoms with Gasteiger partial charge in [0.2, 0.25) is 5.91 Å². The van der Waals surface area contributed by atoms with Crippen LogP contribution in [0.4, 0.5) is 4.79 Å². The molecule has 1 saturated heterocycles. The van der Waals surface area contributed by atoms with E-state index in [4.69, 9.17) is 11.6 Å². The van der Waals surface area contributed by atoms with Crippen molar-refractivity contribution in [2.45, 2.75) is 26.3 Å². The number of carbonyl (C=O) groups is 3. The van der Waals surface area contributed by atoms with Gasteiger partial charge in [-0.25, -0.2) is 0 Å². The van der Waals surface area contributed by atoms with Crippen LogP contribution < -0.4 is 5.32 Å². The van der Waals surface area contributed by atoms with Crippen molar-refractivity contribution in [1.82, 2.24) is 15.1 Å². The highest BCUT2D eigenvalue weighted by Crippen LogP contribution is 2.33. The van der Waals surface area contributed by atoms with Gasteiger partial charge in [0.25, 0.3) is 11.1 Å². The van der Waals surface area contributed by atoms with Crippen molar-refractivity contribution in [3.05, 3.63) is 39.8 Å². The summed E-state index contributed by atoms with van der Waals surface area (Å²) < 4.78 is 0. The summed E-state index contributed by atoms with van der Waals surface area (Å²) in [7, 11) is 1.89. The van der Waals surface area contributed by atoms with Crippen LogP contribution in [0.1, 0.15) is 25.8 Å². The second-order valence-corrected chi connectivity index (χ2v) is 7.78. The van der Waals surface area contributed by atoms with Crippen LogP contribution >= 0.6 is 23.4 Å². The van der Waals surface area contributed by atoms with E-state index >= 15 is 0 Å². The molecule has 1 fully saturated rings. The zero-order chi connectivity index (χ0) is 20.0. The highest BCUT2D eigenvalue weighted by molar-refractivity contribution is 8.18. The van der Waals surface area contributed by atoms with Gasteiger partial charge in [-0.15, -0.1) is 0 Å². The molecule has 0 saturated carbocycles. The molecule has 1 N–H and O–H groups in total. The van der Waals surface area contributed by atoms with E-state index < -0.39 is 0 Å². The summed E-state index contributed by atoms with van der Waals surface area (Å²) in [6.45, 7) is 4.77. The molecule has 1 aromatic carbocycles. The zero-order valence-corrected chi connectivity index (χ0v) is 17.3. The fraction of sp³-hybridized carbons (Fsp3) is 0.421. The van der Waals surface area contributed by atoms with Crippen molar-refractivity contribution in [2.75, 3.05) is 26.7 Å². The summed E-state index contributed by atoms with van der Waals surface area (Å²) >= 11 is 6.98. The lowest BCUT2D eigenvalue weighted by atomic mass is 10.2. The molecular formula is C19H24ClN3O3S. The Bertz CT molecular complexity index is 753. The molecule has 1 aliphatic heterocycles. The fourth-order valence-electron chi connectivity index (χ4n) is 2.48. The molecule has 0 radical (unpaired) electrons. The van der Waals surface area contributed by atoms with Gasteiger partial charge in [0, 0.05) is 24.2 Å². The van der Waals surface area contributed by atoms with Gasteiger partial charge in [-0.05, 0) is 49.9 Å². The molecule has 146 valence electrons. The molecule has 1 aliphatic rings. The van der Waals surface area contributed by atoms with Gasteiger partial charge in [-0.3, -0.25) is 24.2 Å². The Morgan fingerprint density at radius 3 is 2.74 bits per heavy atom. The third-order valence-electron chi connectivity index (χ3n) is 4.46. The molecule has 0 bridgehead atoms. The van der Waals surface area contributed by atoms with Crippen molar-refractivity contribution >= 4 is 46.5 Å². The van der Waals surface area contributed by atoms with Crippen LogP contribution in [0.25, 0.3) is 6.08 Å². The first-order valence-electron chi connectivity index (χ1n) is 8.80. The first-order chi connectivity index (χ1) is 12.8. The number of hydrogen-bond acceptors (Lipinski definition) is 5. The summed E-state index contributed by atoms with van der Waals surface area (Å²) in [6.07, 6.45) is 2.57. The minimum atomic E-state index is -0.365. The van der Waals surface area contributed by atoms with Crippen LogP contribution in [0.15, 0.2) is 29.2 Å². The summed E-state index contributed by atoms with van der Waals surface area (Å²) in [4.78, 5) is 40.0. The number of carbonyl (C=O) groups excluding carboxylic acids is 3. The summed E-state index contributed by atoms with van der Waals surface area (Å²) in [5.41, 5.74) is 0.686. The second-order valence-electron chi connectivity index (χ2n) is 6.38. The molecule has 2 rings (SSSR count). The largest absolute Gasteiger partial charge is 0.353 e. The van der Waals surface area contributed by atoms with Crippen molar-refractivity contribution in [3.63, 3.8) is 0 Å². The Morgan fingerprint density at radius 2 is 2.07 bits per heavy atom. The molecule has 0 aliphatic carbocycles. The highest BCUT2D eigenvalue weighted by Gasteiger charge is 2.34. The number of halogens is 1. The lowest BCUT2D eigenvalue weighted by Gasteiger charge is -2.22. The van der Waals surface area contributed by atoms with Gasteiger partial charge >= 0.3 is 0 Å². The minimum Gasteiger partial charge on any atom is -0.353 e. The average molecular weight is 410 g/mol. The molecule has 6 nitrogen and oxygen atoms in total. The number of likely N-dealkylation sites (N-methyl/N-ethyl adjacent to an activating group) is 1. The molecule has 1 aromatic rings. The number of thioether (sulfide) groups is 1. The van der Waals surface area contributed by atoms with E-state index in [9.17, 15) is 14.4 Å². The van der Waals surface area contributed by atoms with Crippen LogP contribution in [0.5, 0.6) is 0 Å². The number of hydrogen-bond donors (Lipinski definition) is 1. The van der Waals surface area contributed by atoms with Gasteiger partial charge in [0.15, 0.2) is 0 Å². The van der Waals surface area contributed by atoms with Crippen LogP contribution in [0.3, 0.4) is 0 Å². The number of imide groups is 1. The Hall–Kier alpha value is -1.83.